The number of aliphatic carboxylic acids is 1. The zero-order chi connectivity index (χ0) is 21.9. The van der Waals surface area contributed by atoms with Gasteiger partial charge >= 0.3 is 12.3 Å². The minimum absolute atomic E-state index is 0.249. The molecule has 0 radical (unpaired) electrons. The van der Waals surface area contributed by atoms with Crippen LogP contribution in [0.15, 0.2) is 24.3 Å². The van der Waals surface area contributed by atoms with Crippen LogP contribution < -0.4 is 10.1 Å². The molecular formula is C20H21F3N2O4S. The lowest BCUT2D eigenvalue weighted by Gasteiger charge is -2.26. The number of rotatable bonds is 6. The maximum atomic E-state index is 12.6. The third-order valence-corrected chi connectivity index (χ3v) is 6.29. The average molecular weight is 442 g/mol. The molecule has 0 bridgehead atoms. The zero-order valence-electron chi connectivity index (χ0n) is 16.2. The van der Waals surface area contributed by atoms with Gasteiger partial charge in [0.2, 0.25) is 0 Å². The molecule has 0 unspecified atom stereocenters. The van der Waals surface area contributed by atoms with Crippen molar-refractivity contribution in [2.24, 2.45) is 11.8 Å². The molecule has 10 heteroatoms. The molecule has 2 N–H and O–H groups in total. The van der Waals surface area contributed by atoms with E-state index in [0.29, 0.717) is 40.5 Å². The first-order valence-corrected chi connectivity index (χ1v) is 10.3. The van der Waals surface area contributed by atoms with Gasteiger partial charge in [0.05, 0.1) is 11.6 Å². The molecule has 3 rings (SSSR count). The molecular weight excluding hydrogens is 421 g/mol. The van der Waals surface area contributed by atoms with Gasteiger partial charge in [-0.05, 0) is 62.8 Å². The Bertz CT molecular complexity index is 904. The van der Waals surface area contributed by atoms with E-state index in [9.17, 15) is 22.8 Å². The summed E-state index contributed by atoms with van der Waals surface area (Å²) < 4.78 is 40.7. The van der Waals surface area contributed by atoms with E-state index in [2.05, 4.69) is 15.0 Å². The SMILES string of the molecule is Cc1nc(-c2ccc(OC(F)(F)F)cc2)sc1C(=O)NCC1CCC(C(=O)O)CC1. The summed E-state index contributed by atoms with van der Waals surface area (Å²) in [5, 5.41) is 12.5. The summed E-state index contributed by atoms with van der Waals surface area (Å²) in [6.07, 6.45) is -1.99. The Hall–Kier alpha value is -2.62. The lowest BCUT2D eigenvalue weighted by atomic mass is 9.82. The van der Waals surface area contributed by atoms with E-state index in [1.807, 2.05) is 0 Å². The Morgan fingerprint density at radius 1 is 1.20 bits per heavy atom. The van der Waals surface area contributed by atoms with Crippen molar-refractivity contribution in [3.63, 3.8) is 0 Å². The maximum absolute atomic E-state index is 12.6. The summed E-state index contributed by atoms with van der Waals surface area (Å²) >= 11 is 1.17. The second-order valence-electron chi connectivity index (χ2n) is 7.27. The van der Waals surface area contributed by atoms with Crippen LogP contribution in [0.4, 0.5) is 13.2 Å². The summed E-state index contributed by atoms with van der Waals surface area (Å²) in [5.74, 6) is -1.39. The van der Waals surface area contributed by atoms with Crippen LogP contribution in [0.5, 0.6) is 5.75 Å². The monoisotopic (exact) mass is 442 g/mol. The molecule has 1 amide bonds. The first kappa shape index (κ1) is 22.1. The number of carbonyl (C=O) groups is 2. The summed E-state index contributed by atoms with van der Waals surface area (Å²) in [6.45, 7) is 2.18. The third-order valence-electron chi connectivity index (χ3n) is 5.08. The van der Waals surface area contributed by atoms with E-state index in [1.54, 1.807) is 6.92 Å². The molecule has 1 aliphatic rings. The van der Waals surface area contributed by atoms with E-state index in [4.69, 9.17) is 5.11 Å². The molecule has 0 atom stereocenters. The molecule has 30 heavy (non-hydrogen) atoms. The van der Waals surface area contributed by atoms with Gasteiger partial charge in [-0.25, -0.2) is 4.98 Å². The Labute approximate surface area is 175 Å². The standard InChI is InChI=1S/C20H21F3N2O4S/c1-11-16(17(26)24-10-12-2-4-14(5-3-12)19(27)28)30-18(25-11)13-6-8-15(9-7-13)29-20(21,22)23/h6-9,12,14H,2-5,10H2,1H3,(H,24,26)(H,27,28). The van der Waals surface area contributed by atoms with E-state index in [-0.39, 0.29) is 23.5 Å². The van der Waals surface area contributed by atoms with Crippen molar-refractivity contribution in [3.05, 3.63) is 34.8 Å². The number of benzene rings is 1. The van der Waals surface area contributed by atoms with Crippen molar-refractivity contribution in [3.8, 4) is 16.3 Å². The fourth-order valence-electron chi connectivity index (χ4n) is 3.46. The van der Waals surface area contributed by atoms with Crippen LogP contribution >= 0.6 is 11.3 Å². The van der Waals surface area contributed by atoms with Crippen LogP contribution in [0.25, 0.3) is 10.6 Å². The molecule has 2 aromatic rings. The number of hydrogen-bond donors (Lipinski definition) is 2. The van der Waals surface area contributed by atoms with Crippen LogP contribution in [0.2, 0.25) is 0 Å². The Morgan fingerprint density at radius 2 is 1.83 bits per heavy atom. The third kappa shape index (κ3) is 5.71. The highest BCUT2D eigenvalue weighted by Crippen LogP contribution is 2.31. The van der Waals surface area contributed by atoms with Crippen molar-refractivity contribution >= 4 is 23.2 Å². The largest absolute Gasteiger partial charge is 0.573 e. The van der Waals surface area contributed by atoms with E-state index < -0.39 is 12.3 Å². The topological polar surface area (TPSA) is 88.5 Å². The Kier molecular flexibility index (Phi) is 6.64. The van der Waals surface area contributed by atoms with Gasteiger partial charge in [0, 0.05) is 12.1 Å². The van der Waals surface area contributed by atoms with Gasteiger partial charge in [-0.2, -0.15) is 0 Å². The number of aryl methyl sites for hydroxylation is 1. The number of alkyl halides is 3. The lowest BCUT2D eigenvalue weighted by Crippen LogP contribution is -2.32. The number of carboxylic acid groups (broad SMARTS) is 1. The molecule has 1 aromatic carbocycles. The van der Waals surface area contributed by atoms with Crippen molar-refractivity contribution in [1.29, 1.82) is 0 Å². The number of amides is 1. The van der Waals surface area contributed by atoms with E-state index in [0.717, 1.165) is 12.8 Å². The number of nitrogens with zero attached hydrogens (tertiary/aromatic N) is 1. The van der Waals surface area contributed by atoms with Crippen LogP contribution in [0.1, 0.15) is 41.0 Å². The summed E-state index contributed by atoms with van der Waals surface area (Å²) in [7, 11) is 0. The summed E-state index contributed by atoms with van der Waals surface area (Å²) in [6, 6.07) is 5.32. The highest BCUT2D eigenvalue weighted by atomic mass is 32.1. The Balaban J connectivity index is 1.59. The summed E-state index contributed by atoms with van der Waals surface area (Å²) in [5.41, 5.74) is 1.13. The fourth-order valence-corrected chi connectivity index (χ4v) is 4.45. The maximum Gasteiger partial charge on any atom is 0.573 e. The predicted molar refractivity (Wildman–Crippen MR) is 104 cm³/mol. The molecule has 1 saturated carbocycles. The molecule has 1 heterocycles. The fraction of sp³-hybridized carbons (Fsp3) is 0.450. The molecule has 1 aromatic heterocycles. The number of ether oxygens (including phenoxy) is 1. The molecule has 162 valence electrons. The molecule has 0 saturated heterocycles. The molecule has 0 spiro atoms. The van der Waals surface area contributed by atoms with Gasteiger partial charge in [-0.15, -0.1) is 24.5 Å². The summed E-state index contributed by atoms with van der Waals surface area (Å²) in [4.78, 5) is 28.4. The minimum atomic E-state index is -4.75. The normalized spacial score (nSPS) is 19.3. The number of carboxylic acids is 1. The van der Waals surface area contributed by atoms with Crippen LogP contribution in [0.3, 0.4) is 0 Å². The number of nitrogens with one attached hydrogen (secondary N) is 1. The van der Waals surface area contributed by atoms with Gasteiger partial charge in [0.1, 0.15) is 15.6 Å². The molecule has 1 fully saturated rings. The second-order valence-corrected chi connectivity index (χ2v) is 8.27. The zero-order valence-corrected chi connectivity index (χ0v) is 17.0. The quantitative estimate of drug-likeness (QED) is 0.681. The van der Waals surface area contributed by atoms with Crippen molar-refractivity contribution < 1.29 is 32.6 Å². The van der Waals surface area contributed by atoms with Crippen molar-refractivity contribution in [2.75, 3.05) is 6.54 Å². The predicted octanol–water partition coefficient (Wildman–Crippen LogP) is 4.64. The molecule has 6 nitrogen and oxygen atoms in total. The molecule has 0 aliphatic heterocycles. The number of aromatic nitrogens is 1. The smallest absolute Gasteiger partial charge is 0.481 e. The number of hydrogen-bond acceptors (Lipinski definition) is 5. The van der Waals surface area contributed by atoms with Crippen LogP contribution in [-0.2, 0) is 4.79 Å². The first-order valence-electron chi connectivity index (χ1n) is 9.47. The van der Waals surface area contributed by atoms with Gasteiger partial charge in [0.15, 0.2) is 0 Å². The van der Waals surface area contributed by atoms with Gasteiger partial charge in [0.25, 0.3) is 5.91 Å². The molecule has 1 aliphatic carbocycles. The number of carbonyl (C=O) groups excluding carboxylic acids is 1. The number of halogens is 3. The highest BCUT2D eigenvalue weighted by Gasteiger charge is 2.31. The minimum Gasteiger partial charge on any atom is -0.481 e. The van der Waals surface area contributed by atoms with Crippen LogP contribution in [0, 0.1) is 18.8 Å². The van der Waals surface area contributed by atoms with Crippen LogP contribution in [-0.4, -0.2) is 34.9 Å². The van der Waals surface area contributed by atoms with Gasteiger partial charge in [-0.3, -0.25) is 9.59 Å². The van der Waals surface area contributed by atoms with Crippen molar-refractivity contribution in [1.82, 2.24) is 10.3 Å². The van der Waals surface area contributed by atoms with E-state index in [1.165, 1.54) is 35.6 Å². The van der Waals surface area contributed by atoms with Gasteiger partial charge < -0.3 is 15.2 Å². The first-order chi connectivity index (χ1) is 14.1. The highest BCUT2D eigenvalue weighted by molar-refractivity contribution is 7.17. The Morgan fingerprint density at radius 3 is 2.40 bits per heavy atom. The lowest BCUT2D eigenvalue weighted by molar-refractivity contribution is -0.274. The van der Waals surface area contributed by atoms with Crippen molar-refractivity contribution in [2.45, 2.75) is 39.0 Å². The van der Waals surface area contributed by atoms with Gasteiger partial charge in [-0.1, -0.05) is 0 Å². The average Bonchev–Trinajstić information content (AvgIpc) is 3.07. The number of thiazole rings is 1. The second kappa shape index (κ2) is 9.03. The van der Waals surface area contributed by atoms with E-state index >= 15 is 0 Å².